The fraction of sp³-hybridized carbons (Fsp3) is 0.391. The van der Waals surface area contributed by atoms with Gasteiger partial charge in [0.05, 0.1) is 18.0 Å². The maximum atomic E-state index is 13.5. The third kappa shape index (κ3) is 6.73. The zero-order chi connectivity index (χ0) is 24.8. The van der Waals surface area contributed by atoms with Crippen LogP contribution in [0.1, 0.15) is 34.6 Å². The molecule has 8 nitrogen and oxygen atoms in total. The first kappa shape index (κ1) is 25.0. The van der Waals surface area contributed by atoms with Gasteiger partial charge in [-0.05, 0) is 30.8 Å². The monoisotopic (exact) mass is 506 g/mol. The minimum Gasteiger partial charge on any atom is -0.455 e. The number of hydrogen-bond donors (Lipinski definition) is 1. The summed E-state index contributed by atoms with van der Waals surface area (Å²) in [4.78, 5) is 28.6. The zero-order valence-electron chi connectivity index (χ0n) is 19.1. The average Bonchev–Trinajstić information content (AvgIpc) is 3.35. The number of nitrogens with one attached hydrogen (secondary N) is 1. The van der Waals surface area contributed by atoms with Crippen LogP contribution in [-0.2, 0) is 18.5 Å². The van der Waals surface area contributed by atoms with Gasteiger partial charge in [0.1, 0.15) is 11.6 Å². The highest BCUT2D eigenvalue weighted by Crippen LogP contribution is 2.32. The van der Waals surface area contributed by atoms with Crippen LogP contribution in [0, 0.1) is 0 Å². The van der Waals surface area contributed by atoms with Gasteiger partial charge in [0.25, 0.3) is 5.91 Å². The van der Waals surface area contributed by atoms with Crippen LogP contribution in [0.3, 0.4) is 0 Å². The second-order valence-corrected chi connectivity index (χ2v) is 8.81. The van der Waals surface area contributed by atoms with E-state index >= 15 is 0 Å². The quantitative estimate of drug-likeness (QED) is 0.364. The van der Waals surface area contributed by atoms with Gasteiger partial charge in [-0.15, -0.1) is 0 Å². The highest BCUT2D eigenvalue weighted by molar-refractivity contribution is 7.98. The zero-order valence-corrected chi connectivity index (χ0v) is 19.9. The summed E-state index contributed by atoms with van der Waals surface area (Å²) in [6, 6.07) is 9.53. The molecule has 4 heterocycles. The number of pyridine rings is 1. The SMILES string of the molecule is CCN1CCN(c2cc(C(F)(F)F)nc(SCc3ccc(C(=O)NCc4ccccn4)o3)n2)CC1. The van der Waals surface area contributed by atoms with Crippen molar-refractivity contribution in [3.63, 3.8) is 0 Å². The van der Waals surface area contributed by atoms with Crippen molar-refractivity contribution < 1.29 is 22.4 Å². The molecular formula is C23H25F3N6O2S. The smallest absolute Gasteiger partial charge is 0.433 e. The molecule has 1 amide bonds. The van der Waals surface area contributed by atoms with E-state index in [2.05, 4.69) is 32.1 Å². The molecule has 0 unspecified atom stereocenters. The van der Waals surface area contributed by atoms with Crippen molar-refractivity contribution in [3.8, 4) is 0 Å². The fourth-order valence-corrected chi connectivity index (χ4v) is 4.30. The molecule has 4 rings (SSSR count). The molecule has 1 aliphatic heterocycles. The summed E-state index contributed by atoms with van der Waals surface area (Å²) in [7, 11) is 0. The second kappa shape index (κ2) is 11.1. The molecule has 0 radical (unpaired) electrons. The lowest BCUT2D eigenvalue weighted by molar-refractivity contribution is -0.141. The van der Waals surface area contributed by atoms with Gasteiger partial charge >= 0.3 is 6.18 Å². The van der Waals surface area contributed by atoms with Crippen LogP contribution >= 0.6 is 11.8 Å². The Morgan fingerprint density at radius 2 is 1.94 bits per heavy atom. The van der Waals surface area contributed by atoms with Gasteiger partial charge < -0.3 is 19.5 Å². The van der Waals surface area contributed by atoms with E-state index in [1.165, 1.54) is 6.07 Å². The first-order valence-electron chi connectivity index (χ1n) is 11.1. The lowest BCUT2D eigenvalue weighted by Gasteiger charge is -2.35. The van der Waals surface area contributed by atoms with Crippen molar-refractivity contribution >= 4 is 23.5 Å². The molecule has 0 atom stereocenters. The minimum atomic E-state index is -4.58. The maximum Gasteiger partial charge on any atom is 0.433 e. The number of carbonyl (C=O) groups excluding carboxylic acids is 1. The normalized spacial score (nSPS) is 14.8. The Bertz CT molecular complexity index is 1130. The highest BCUT2D eigenvalue weighted by Gasteiger charge is 2.34. The van der Waals surface area contributed by atoms with E-state index in [1.54, 1.807) is 24.4 Å². The number of likely N-dealkylation sites (N-methyl/N-ethyl adjacent to an activating group) is 1. The third-order valence-electron chi connectivity index (χ3n) is 5.51. The van der Waals surface area contributed by atoms with Gasteiger partial charge in [-0.1, -0.05) is 24.8 Å². The number of thioether (sulfide) groups is 1. The molecule has 1 aliphatic rings. The van der Waals surface area contributed by atoms with Crippen molar-refractivity contribution in [2.75, 3.05) is 37.6 Å². The molecule has 1 fully saturated rings. The number of alkyl halides is 3. The largest absolute Gasteiger partial charge is 0.455 e. The van der Waals surface area contributed by atoms with Crippen molar-refractivity contribution in [1.82, 2.24) is 25.2 Å². The number of nitrogens with zero attached hydrogens (tertiary/aromatic N) is 5. The molecule has 3 aromatic heterocycles. The van der Waals surface area contributed by atoms with Crippen LogP contribution < -0.4 is 10.2 Å². The standard InChI is InChI=1S/C23H25F3N6O2S/c1-2-31-9-11-32(12-10-31)20-13-19(23(24,25)26)29-22(30-20)35-15-17-6-7-18(34-17)21(33)28-14-16-5-3-4-8-27-16/h3-8,13H,2,9-12,14-15H2,1H3,(H,28,33). The van der Waals surface area contributed by atoms with Crippen molar-refractivity contribution in [3.05, 3.63) is 65.5 Å². The summed E-state index contributed by atoms with van der Waals surface area (Å²) < 4.78 is 46.0. The van der Waals surface area contributed by atoms with Crippen LogP contribution in [-0.4, -0.2) is 58.5 Å². The van der Waals surface area contributed by atoms with Crippen molar-refractivity contribution in [2.45, 2.75) is 30.6 Å². The summed E-state index contributed by atoms with van der Waals surface area (Å²) in [6.07, 6.45) is -2.95. The van der Waals surface area contributed by atoms with Crippen LogP contribution in [0.4, 0.5) is 19.0 Å². The molecule has 35 heavy (non-hydrogen) atoms. The minimum absolute atomic E-state index is 0.00491. The van der Waals surface area contributed by atoms with Gasteiger partial charge in [0.2, 0.25) is 0 Å². The number of piperazine rings is 1. The molecule has 186 valence electrons. The molecule has 0 bridgehead atoms. The molecular weight excluding hydrogens is 481 g/mol. The lowest BCUT2D eigenvalue weighted by Crippen LogP contribution is -2.46. The molecule has 1 N–H and O–H groups in total. The predicted molar refractivity (Wildman–Crippen MR) is 125 cm³/mol. The Labute approximate surface area is 204 Å². The van der Waals surface area contributed by atoms with Gasteiger partial charge in [0, 0.05) is 38.4 Å². The number of amides is 1. The Morgan fingerprint density at radius 3 is 2.63 bits per heavy atom. The van der Waals surface area contributed by atoms with Gasteiger partial charge in [-0.3, -0.25) is 9.78 Å². The second-order valence-electron chi connectivity index (χ2n) is 7.87. The summed E-state index contributed by atoms with van der Waals surface area (Å²) >= 11 is 1.03. The highest BCUT2D eigenvalue weighted by atomic mass is 32.2. The van der Waals surface area contributed by atoms with Crippen LogP contribution in [0.15, 0.2) is 52.2 Å². The number of halogens is 3. The van der Waals surface area contributed by atoms with E-state index in [0.29, 0.717) is 24.5 Å². The van der Waals surface area contributed by atoms with E-state index in [4.69, 9.17) is 4.42 Å². The van der Waals surface area contributed by atoms with E-state index < -0.39 is 17.8 Å². The maximum absolute atomic E-state index is 13.5. The fourth-order valence-electron chi connectivity index (χ4n) is 3.55. The van der Waals surface area contributed by atoms with E-state index in [1.807, 2.05) is 11.0 Å². The number of aromatic nitrogens is 3. The van der Waals surface area contributed by atoms with E-state index in [-0.39, 0.29) is 29.0 Å². The molecule has 0 spiro atoms. The van der Waals surface area contributed by atoms with Gasteiger partial charge in [-0.2, -0.15) is 13.2 Å². The Balaban J connectivity index is 1.41. The first-order chi connectivity index (χ1) is 16.8. The number of carbonyl (C=O) groups is 1. The predicted octanol–water partition coefficient (Wildman–Crippen LogP) is 3.85. The first-order valence-corrected chi connectivity index (χ1v) is 12.1. The van der Waals surface area contributed by atoms with Crippen LogP contribution in [0.25, 0.3) is 0 Å². The van der Waals surface area contributed by atoms with E-state index in [0.717, 1.165) is 37.5 Å². The van der Waals surface area contributed by atoms with Gasteiger partial charge in [-0.25, -0.2) is 9.97 Å². The summed E-state index contributed by atoms with van der Waals surface area (Å²) in [5.74, 6) is 0.571. The third-order valence-corrected chi connectivity index (χ3v) is 6.38. The molecule has 1 saturated heterocycles. The number of rotatable bonds is 8. The van der Waals surface area contributed by atoms with Crippen molar-refractivity contribution in [2.24, 2.45) is 0 Å². The molecule has 3 aromatic rings. The Morgan fingerprint density at radius 1 is 1.14 bits per heavy atom. The molecule has 0 saturated carbocycles. The summed E-state index contributed by atoms with van der Waals surface area (Å²) in [6.45, 7) is 5.93. The average molecular weight is 507 g/mol. The van der Waals surface area contributed by atoms with Crippen LogP contribution in [0.2, 0.25) is 0 Å². The summed E-state index contributed by atoms with van der Waals surface area (Å²) in [5.41, 5.74) is -0.270. The van der Waals surface area contributed by atoms with Gasteiger partial charge in [0.15, 0.2) is 16.6 Å². The molecule has 0 aromatic carbocycles. The number of furan rings is 1. The van der Waals surface area contributed by atoms with Crippen molar-refractivity contribution in [1.29, 1.82) is 0 Å². The number of hydrogen-bond acceptors (Lipinski definition) is 8. The Kier molecular flexibility index (Phi) is 7.91. The van der Waals surface area contributed by atoms with Crippen LogP contribution in [0.5, 0.6) is 0 Å². The molecule has 12 heteroatoms. The van der Waals surface area contributed by atoms with E-state index in [9.17, 15) is 18.0 Å². The summed E-state index contributed by atoms with van der Waals surface area (Å²) in [5, 5.41) is 2.72. The topological polar surface area (TPSA) is 87.4 Å². The number of anilines is 1. The Hall–Kier alpha value is -3.12. The lowest BCUT2D eigenvalue weighted by atomic mass is 10.3. The molecule has 0 aliphatic carbocycles.